The smallest absolute Gasteiger partial charge is 0.251 e. The first-order chi connectivity index (χ1) is 12.5. The van der Waals surface area contributed by atoms with Crippen molar-refractivity contribution >= 4 is 10.0 Å². The highest BCUT2D eigenvalue weighted by Gasteiger charge is 2.30. The van der Waals surface area contributed by atoms with Gasteiger partial charge in [0, 0.05) is 18.9 Å². The molecule has 26 heavy (non-hydrogen) atoms. The molecule has 1 unspecified atom stereocenters. The lowest BCUT2D eigenvalue weighted by Crippen LogP contribution is -2.44. The number of nitriles is 1. The Kier molecular flexibility index (Phi) is 5.44. The highest BCUT2D eigenvalue weighted by molar-refractivity contribution is 7.88. The van der Waals surface area contributed by atoms with Gasteiger partial charge in [-0.1, -0.05) is 12.1 Å². The van der Waals surface area contributed by atoms with E-state index in [-0.39, 0.29) is 23.9 Å². The lowest BCUT2D eigenvalue weighted by molar-refractivity contribution is 0.123. The highest BCUT2D eigenvalue weighted by atomic mass is 32.2. The van der Waals surface area contributed by atoms with Gasteiger partial charge in [0.25, 0.3) is 5.88 Å². The Balaban J connectivity index is 1.69. The van der Waals surface area contributed by atoms with E-state index in [0.717, 1.165) is 0 Å². The van der Waals surface area contributed by atoms with Crippen LogP contribution in [0.1, 0.15) is 24.1 Å². The van der Waals surface area contributed by atoms with Gasteiger partial charge in [-0.15, -0.1) is 0 Å². The Morgan fingerprint density at radius 2 is 2.00 bits per heavy atom. The topological polar surface area (TPSA) is 96.2 Å². The van der Waals surface area contributed by atoms with E-state index in [1.54, 1.807) is 0 Å². The van der Waals surface area contributed by atoms with Crippen LogP contribution in [0.25, 0.3) is 0 Å². The van der Waals surface area contributed by atoms with Crippen LogP contribution < -0.4 is 4.74 Å². The highest BCUT2D eigenvalue weighted by Crippen LogP contribution is 2.22. The van der Waals surface area contributed by atoms with Crippen LogP contribution in [-0.2, 0) is 15.8 Å². The van der Waals surface area contributed by atoms with Gasteiger partial charge in [-0.05, 0) is 30.5 Å². The summed E-state index contributed by atoms with van der Waals surface area (Å²) in [6.07, 6.45) is 3.70. The van der Waals surface area contributed by atoms with Crippen LogP contribution in [0.2, 0.25) is 0 Å². The van der Waals surface area contributed by atoms with Gasteiger partial charge in [-0.2, -0.15) is 9.57 Å². The summed E-state index contributed by atoms with van der Waals surface area (Å²) in [6, 6.07) is 7.31. The van der Waals surface area contributed by atoms with Crippen LogP contribution >= 0.6 is 0 Å². The molecule has 2 aromatic rings. The van der Waals surface area contributed by atoms with Crippen molar-refractivity contribution in [2.75, 3.05) is 13.1 Å². The number of rotatable bonds is 5. The SMILES string of the molecule is N#Cc1nccnc1OC1CCCN(S(=O)(=O)Cc2ccc(F)cc2)C1. The number of halogens is 1. The van der Waals surface area contributed by atoms with E-state index in [1.807, 2.05) is 6.07 Å². The molecular formula is C17H17FN4O3S. The first-order valence-electron chi connectivity index (χ1n) is 8.08. The van der Waals surface area contributed by atoms with Crippen molar-refractivity contribution in [3.63, 3.8) is 0 Å². The summed E-state index contributed by atoms with van der Waals surface area (Å²) >= 11 is 0. The predicted molar refractivity (Wildman–Crippen MR) is 91.0 cm³/mol. The molecule has 1 aromatic carbocycles. The molecule has 2 heterocycles. The number of sulfonamides is 1. The van der Waals surface area contributed by atoms with Crippen LogP contribution in [0.15, 0.2) is 36.7 Å². The minimum absolute atomic E-state index is 0.0683. The van der Waals surface area contributed by atoms with Crippen LogP contribution in [0, 0.1) is 17.1 Å². The number of benzene rings is 1. The molecule has 3 rings (SSSR count). The zero-order valence-corrected chi connectivity index (χ0v) is 14.7. The van der Waals surface area contributed by atoms with Gasteiger partial charge in [-0.25, -0.2) is 22.8 Å². The van der Waals surface area contributed by atoms with E-state index in [0.29, 0.717) is 24.9 Å². The average molecular weight is 376 g/mol. The zero-order chi connectivity index (χ0) is 18.6. The number of ether oxygens (including phenoxy) is 1. The second-order valence-electron chi connectivity index (χ2n) is 5.94. The largest absolute Gasteiger partial charge is 0.471 e. The number of nitrogens with zero attached hydrogens (tertiary/aromatic N) is 4. The molecule has 0 spiro atoms. The molecule has 136 valence electrons. The number of aromatic nitrogens is 2. The molecule has 0 N–H and O–H groups in total. The van der Waals surface area contributed by atoms with Gasteiger partial charge in [0.15, 0.2) is 0 Å². The molecule has 0 aliphatic carbocycles. The maximum atomic E-state index is 13.0. The molecule has 9 heteroatoms. The molecular weight excluding hydrogens is 359 g/mol. The molecule has 1 atom stereocenters. The fourth-order valence-corrected chi connectivity index (χ4v) is 4.38. The standard InChI is InChI=1S/C17H17FN4O3S/c18-14-5-3-13(4-6-14)12-26(23,24)22-9-1-2-15(11-22)25-17-16(10-19)20-7-8-21-17/h3-8,15H,1-2,9,11-12H2. The summed E-state index contributed by atoms with van der Waals surface area (Å²) in [5, 5.41) is 9.05. The van der Waals surface area contributed by atoms with Crippen LogP contribution in [0.3, 0.4) is 0 Å². The average Bonchev–Trinajstić information content (AvgIpc) is 2.64. The summed E-state index contributed by atoms with van der Waals surface area (Å²) in [6.45, 7) is 0.569. The van der Waals surface area contributed by atoms with Crippen molar-refractivity contribution in [2.24, 2.45) is 0 Å². The summed E-state index contributed by atoms with van der Waals surface area (Å²) in [5.41, 5.74) is 0.592. The number of hydrogen-bond acceptors (Lipinski definition) is 6. The summed E-state index contributed by atoms with van der Waals surface area (Å²) in [7, 11) is -3.56. The van der Waals surface area contributed by atoms with Crippen molar-refractivity contribution in [3.05, 3.63) is 53.7 Å². The predicted octanol–water partition coefficient (Wildman–Crippen LogP) is 1.86. The third-order valence-corrected chi connectivity index (χ3v) is 5.86. The molecule has 1 fully saturated rings. The van der Waals surface area contributed by atoms with E-state index in [2.05, 4.69) is 9.97 Å². The molecule has 0 amide bonds. The van der Waals surface area contributed by atoms with Crippen LogP contribution in [-0.4, -0.2) is 41.9 Å². The minimum Gasteiger partial charge on any atom is -0.471 e. The van der Waals surface area contributed by atoms with E-state index in [1.165, 1.54) is 41.0 Å². The van der Waals surface area contributed by atoms with Gasteiger partial charge in [0.05, 0.1) is 12.3 Å². The molecule has 0 bridgehead atoms. The second kappa shape index (κ2) is 7.76. The van der Waals surface area contributed by atoms with Crippen molar-refractivity contribution in [1.82, 2.24) is 14.3 Å². The van der Waals surface area contributed by atoms with E-state index in [9.17, 15) is 12.8 Å². The molecule has 1 aliphatic rings. The Bertz CT molecular complexity index is 912. The Morgan fingerprint density at radius 1 is 1.27 bits per heavy atom. The van der Waals surface area contributed by atoms with Crippen molar-refractivity contribution in [1.29, 1.82) is 5.26 Å². The second-order valence-corrected chi connectivity index (χ2v) is 7.91. The van der Waals surface area contributed by atoms with Crippen LogP contribution in [0.4, 0.5) is 4.39 Å². The molecule has 0 saturated carbocycles. The van der Waals surface area contributed by atoms with Crippen molar-refractivity contribution < 1.29 is 17.5 Å². The Labute approximate surface area is 151 Å². The Morgan fingerprint density at radius 3 is 2.73 bits per heavy atom. The first kappa shape index (κ1) is 18.2. The lowest BCUT2D eigenvalue weighted by Gasteiger charge is -2.31. The first-order valence-corrected chi connectivity index (χ1v) is 9.69. The normalized spacial score (nSPS) is 18.2. The van der Waals surface area contributed by atoms with E-state index < -0.39 is 21.9 Å². The van der Waals surface area contributed by atoms with Gasteiger partial charge in [-0.3, -0.25) is 0 Å². The fraction of sp³-hybridized carbons (Fsp3) is 0.353. The van der Waals surface area contributed by atoms with Crippen molar-refractivity contribution in [2.45, 2.75) is 24.7 Å². The third kappa shape index (κ3) is 4.33. The molecule has 1 aromatic heterocycles. The molecule has 0 radical (unpaired) electrons. The molecule has 1 aliphatic heterocycles. The fourth-order valence-electron chi connectivity index (χ4n) is 2.78. The summed E-state index contributed by atoms with van der Waals surface area (Å²) in [5.74, 6) is -0.498. The summed E-state index contributed by atoms with van der Waals surface area (Å²) in [4.78, 5) is 7.88. The van der Waals surface area contributed by atoms with Gasteiger partial charge in [0.2, 0.25) is 15.7 Å². The lowest BCUT2D eigenvalue weighted by atomic mass is 10.1. The van der Waals surface area contributed by atoms with E-state index in [4.69, 9.17) is 10.00 Å². The maximum Gasteiger partial charge on any atom is 0.251 e. The third-order valence-electron chi connectivity index (χ3n) is 4.05. The van der Waals surface area contributed by atoms with Gasteiger partial charge >= 0.3 is 0 Å². The van der Waals surface area contributed by atoms with Crippen LogP contribution in [0.5, 0.6) is 5.88 Å². The zero-order valence-electron chi connectivity index (χ0n) is 13.9. The minimum atomic E-state index is -3.56. The van der Waals surface area contributed by atoms with E-state index >= 15 is 0 Å². The number of piperidine rings is 1. The molecule has 7 nitrogen and oxygen atoms in total. The summed E-state index contributed by atoms with van der Waals surface area (Å²) < 4.78 is 45.4. The molecule has 1 saturated heterocycles. The number of hydrogen-bond donors (Lipinski definition) is 0. The maximum absolute atomic E-state index is 13.0. The van der Waals surface area contributed by atoms with Gasteiger partial charge in [0.1, 0.15) is 18.0 Å². The monoisotopic (exact) mass is 376 g/mol. The quantitative estimate of drug-likeness (QED) is 0.790. The van der Waals surface area contributed by atoms with Crippen molar-refractivity contribution in [3.8, 4) is 11.9 Å². The van der Waals surface area contributed by atoms with Gasteiger partial charge < -0.3 is 4.74 Å². The Hall–Kier alpha value is -2.57.